The lowest BCUT2D eigenvalue weighted by molar-refractivity contribution is 0.0526. The molecule has 0 radical (unpaired) electrons. The molecular weight excluding hydrogens is 262 g/mol. The highest BCUT2D eigenvalue weighted by atomic mass is 16.5. The van der Waals surface area contributed by atoms with Gasteiger partial charge in [-0.25, -0.2) is 14.3 Å². The van der Waals surface area contributed by atoms with Crippen molar-refractivity contribution in [1.29, 1.82) is 0 Å². The highest BCUT2D eigenvalue weighted by Gasteiger charge is 2.15. The van der Waals surface area contributed by atoms with Crippen molar-refractivity contribution in [3.8, 4) is 5.69 Å². The average molecular weight is 275 g/mol. The molecule has 0 fully saturated rings. The number of rotatable bonds is 4. The predicted molar refractivity (Wildman–Crippen MR) is 70.9 cm³/mol. The number of nitrogens with zero attached hydrogens (tertiary/aromatic N) is 2. The topological polar surface area (TPSA) is 107 Å². The van der Waals surface area contributed by atoms with Crippen LogP contribution in [0.5, 0.6) is 0 Å². The quantitative estimate of drug-likeness (QED) is 0.643. The number of carboxylic acids is 1. The van der Waals surface area contributed by atoms with E-state index in [2.05, 4.69) is 5.10 Å². The second kappa shape index (κ2) is 5.43. The fourth-order valence-corrected chi connectivity index (χ4v) is 1.69. The van der Waals surface area contributed by atoms with Gasteiger partial charge in [-0.1, -0.05) is 0 Å². The van der Waals surface area contributed by atoms with Gasteiger partial charge in [0.05, 0.1) is 29.6 Å². The number of aromatic nitrogens is 2. The van der Waals surface area contributed by atoms with E-state index in [1.165, 1.54) is 35.3 Å². The van der Waals surface area contributed by atoms with Crippen LogP contribution in [0, 0.1) is 0 Å². The summed E-state index contributed by atoms with van der Waals surface area (Å²) in [6.07, 6.45) is 2.71. The van der Waals surface area contributed by atoms with Crippen LogP contribution in [-0.2, 0) is 4.74 Å². The third-order valence-corrected chi connectivity index (χ3v) is 2.59. The maximum Gasteiger partial charge on any atom is 0.341 e. The zero-order valence-corrected chi connectivity index (χ0v) is 10.7. The van der Waals surface area contributed by atoms with Gasteiger partial charge in [0.15, 0.2) is 0 Å². The number of hydrogen-bond acceptors (Lipinski definition) is 5. The zero-order valence-electron chi connectivity index (χ0n) is 10.7. The van der Waals surface area contributed by atoms with Crippen molar-refractivity contribution in [3.05, 3.63) is 41.7 Å². The number of carboxylic acid groups (broad SMARTS) is 1. The number of ether oxygens (including phenoxy) is 1. The first-order valence-electron chi connectivity index (χ1n) is 5.88. The Bertz CT molecular complexity index is 663. The molecule has 7 nitrogen and oxygen atoms in total. The zero-order chi connectivity index (χ0) is 14.7. The Balaban J connectivity index is 2.44. The number of nitrogen functional groups attached to an aromatic ring is 1. The van der Waals surface area contributed by atoms with E-state index in [1.807, 2.05) is 0 Å². The van der Waals surface area contributed by atoms with Crippen molar-refractivity contribution in [2.45, 2.75) is 6.92 Å². The summed E-state index contributed by atoms with van der Waals surface area (Å²) in [7, 11) is 0. The number of carbonyl (C=O) groups is 2. The van der Waals surface area contributed by atoms with E-state index in [1.54, 1.807) is 6.92 Å². The minimum absolute atomic E-state index is 0.0395. The molecule has 2 aromatic rings. The molecule has 3 N–H and O–H groups in total. The van der Waals surface area contributed by atoms with E-state index in [0.717, 1.165) is 0 Å². The molecule has 2 rings (SSSR count). The molecule has 1 heterocycles. The summed E-state index contributed by atoms with van der Waals surface area (Å²) in [5.74, 6) is -1.62. The molecule has 0 unspecified atom stereocenters. The summed E-state index contributed by atoms with van der Waals surface area (Å²) < 4.78 is 6.13. The number of nitrogens with two attached hydrogens (primary N) is 1. The highest BCUT2D eigenvalue weighted by Crippen LogP contribution is 2.18. The van der Waals surface area contributed by atoms with E-state index in [-0.39, 0.29) is 23.4 Å². The largest absolute Gasteiger partial charge is 0.478 e. The second-order valence-electron chi connectivity index (χ2n) is 3.98. The van der Waals surface area contributed by atoms with E-state index in [0.29, 0.717) is 5.69 Å². The lowest BCUT2D eigenvalue weighted by atomic mass is 10.1. The van der Waals surface area contributed by atoms with Gasteiger partial charge in [0, 0.05) is 11.9 Å². The van der Waals surface area contributed by atoms with Crippen LogP contribution >= 0.6 is 0 Å². The summed E-state index contributed by atoms with van der Waals surface area (Å²) in [5.41, 5.74) is 6.62. The van der Waals surface area contributed by atoms with Crippen LogP contribution in [0.25, 0.3) is 5.69 Å². The molecule has 7 heteroatoms. The van der Waals surface area contributed by atoms with Gasteiger partial charge in [-0.3, -0.25) is 0 Å². The number of hydrogen-bond donors (Lipinski definition) is 2. The van der Waals surface area contributed by atoms with E-state index >= 15 is 0 Å². The molecular formula is C13H13N3O4. The maximum atomic E-state index is 11.6. The molecule has 0 aliphatic carbocycles. The van der Waals surface area contributed by atoms with Gasteiger partial charge in [-0.15, -0.1) is 0 Å². The minimum atomic E-state index is -1.10. The molecule has 0 spiro atoms. The molecule has 0 amide bonds. The molecule has 0 aliphatic heterocycles. The molecule has 0 aliphatic rings. The molecule has 0 saturated carbocycles. The van der Waals surface area contributed by atoms with Gasteiger partial charge in [0.25, 0.3) is 0 Å². The molecule has 20 heavy (non-hydrogen) atoms. The third kappa shape index (κ3) is 2.61. The lowest BCUT2D eigenvalue weighted by Gasteiger charge is -2.06. The Morgan fingerprint density at radius 1 is 1.45 bits per heavy atom. The maximum absolute atomic E-state index is 11.6. The summed E-state index contributed by atoms with van der Waals surface area (Å²) in [6, 6.07) is 4.35. The van der Waals surface area contributed by atoms with Crippen LogP contribution in [0.3, 0.4) is 0 Å². The van der Waals surface area contributed by atoms with Crippen LogP contribution in [0.1, 0.15) is 27.6 Å². The van der Waals surface area contributed by atoms with Gasteiger partial charge >= 0.3 is 11.9 Å². The van der Waals surface area contributed by atoms with Crippen LogP contribution in [0.2, 0.25) is 0 Å². The fraction of sp³-hybridized carbons (Fsp3) is 0.154. The minimum Gasteiger partial charge on any atom is -0.478 e. The second-order valence-corrected chi connectivity index (χ2v) is 3.98. The Morgan fingerprint density at radius 2 is 2.20 bits per heavy atom. The van der Waals surface area contributed by atoms with Crippen LogP contribution in [0.4, 0.5) is 5.69 Å². The van der Waals surface area contributed by atoms with Crippen LogP contribution < -0.4 is 5.73 Å². The lowest BCUT2D eigenvalue weighted by Crippen LogP contribution is -2.07. The summed E-state index contributed by atoms with van der Waals surface area (Å²) in [6.45, 7) is 1.95. The predicted octanol–water partition coefficient (Wildman–Crippen LogP) is 1.33. The monoisotopic (exact) mass is 275 g/mol. The summed E-state index contributed by atoms with van der Waals surface area (Å²) in [4.78, 5) is 22.7. The van der Waals surface area contributed by atoms with E-state index in [9.17, 15) is 9.59 Å². The number of aromatic carboxylic acids is 1. The Labute approximate surface area is 114 Å². The van der Waals surface area contributed by atoms with Gasteiger partial charge in [0.1, 0.15) is 0 Å². The van der Waals surface area contributed by atoms with Gasteiger partial charge in [-0.05, 0) is 25.1 Å². The van der Waals surface area contributed by atoms with Crippen molar-refractivity contribution >= 4 is 17.6 Å². The SMILES string of the molecule is CCOC(=O)c1cnn(-c2cc(N)ccc2C(=O)O)c1. The fourth-order valence-electron chi connectivity index (χ4n) is 1.69. The van der Waals surface area contributed by atoms with E-state index < -0.39 is 11.9 Å². The number of carbonyl (C=O) groups excluding carboxylic acids is 1. The van der Waals surface area contributed by atoms with Crippen molar-refractivity contribution in [3.63, 3.8) is 0 Å². The first-order valence-corrected chi connectivity index (χ1v) is 5.88. The van der Waals surface area contributed by atoms with Crippen LogP contribution in [0.15, 0.2) is 30.6 Å². The molecule has 1 aromatic carbocycles. The Hall–Kier alpha value is -2.83. The third-order valence-electron chi connectivity index (χ3n) is 2.59. The van der Waals surface area contributed by atoms with Crippen molar-refractivity contribution in [2.75, 3.05) is 12.3 Å². The highest BCUT2D eigenvalue weighted by molar-refractivity contribution is 5.93. The van der Waals surface area contributed by atoms with Gasteiger partial charge in [0.2, 0.25) is 0 Å². The smallest absolute Gasteiger partial charge is 0.341 e. The standard InChI is InChI=1S/C13H13N3O4/c1-2-20-13(19)8-6-15-16(7-8)11-5-9(14)3-4-10(11)12(17)18/h3-7H,2,14H2,1H3,(H,17,18). The van der Waals surface area contributed by atoms with Crippen LogP contribution in [-0.4, -0.2) is 33.4 Å². The summed E-state index contributed by atoms with van der Waals surface area (Å²) >= 11 is 0. The first kappa shape index (κ1) is 13.6. The summed E-state index contributed by atoms with van der Waals surface area (Å²) in [5, 5.41) is 13.1. The van der Waals surface area contributed by atoms with Crippen molar-refractivity contribution in [2.24, 2.45) is 0 Å². The molecule has 0 saturated heterocycles. The number of anilines is 1. The van der Waals surface area contributed by atoms with Crippen molar-refractivity contribution in [1.82, 2.24) is 9.78 Å². The molecule has 0 atom stereocenters. The Kier molecular flexibility index (Phi) is 3.69. The normalized spacial score (nSPS) is 10.2. The van der Waals surface area contributed by atoms with Gasteiger partial charge < -0.3 is 15.6 Å². The molecule has 1 aromatic heterocycles. The molecule has 0 bridgehead atoms. The average Bonchev–Trinajstić information content (AvgIpc) is 2.88. The van der Waals surface area contributed by atoms with E-state index in [4.69, 9.17) is 15.6 Å². The first-order chi connectivity index (χ1) is 9.52. The van der Waals surface area contributed by atoms with Crippen molar-refractivity contribution < 1.29 is 19.4 Å². The van der Waals surface area contributed by atoms with Gasteiger partial charge in [-0.2, -0.15) is 5.10 Å². The molecule has 104 valence electrons. The number of esters is 1. The Morgan fingerprint density at radius 3 is 2.85 bits per heavy atom. The number of benzene rings is 1.